The van der Waals surface area contributed by atoms with E-state index >= 15 is 0 Å². The number of methoxy groups -OCH3 is 1. The molecular formula is C48H75N4O6+. The van der Waals surface area contributed by atoms with Crippen LogP contribution in [0.1, 0.15) is 148 Å². The number of fused-ring (bicyclic) bond motifs is 2. The van der Waals surface area contributed by atoms with E-state index in [4.69, 9.17) is 10.5 Å². The normalized spacial score (nSPS) is 38.5. The minimum Gasteiger partial charge on any atom is -0.393 e. The first-order chi connectivity index (χ1) is 28.1. The lowest BCUT2D eigenvalue weighted by Gasteiger charge is -2.54. The van der Waals surface area contributed by atoms with Crippen molar-refractivity contribution in [3.63, 3.8) is 0 Å². The number of Topliss-reactive ketones (excluding diaryl/α,β-unsaturated/α-hetero) is 2. The van der Waals surface area contributed by atoms with E-state index in [0.717, 1.165) is 57.9 Å². The van der Waals surface area contributed by atoms with Gasteiger partial charge in [-0.2, -0.15) is 0 Å². The van der Waals surface area contributed by atoms with Gasteiger partial charge in [-0.1, -0.05) is 43.9 Å². The van der Waals surface area contributed by atoms with Gasteiger partial charge in [0.25, 0.3) is 0 Å². The third-order valence-electron chi connectivity index (χ3n) is 16.2. The number of nitrogens with two attached hydrogens (primary N) is 1. The molecule has 4 aliphatic carbocycles. The van der Waals surface area contributed by atoms with E-state index in [2.05, 4.69) is 33.5 Å². The lowest BCUT2D eigenvalue weighted by atomic mass is 9.62. The van der Waals surface area contributed by atoms with Gasteiger partial charge in [-0.25, -0.2) is 0 Å². The highest BCUT2D eigenvalue weighted by Gasteiger charge is 2.48. The van der Waals surface area contributed by atoms with Crippen molar-refractivity contribution in [3.8, 4) is 11.8 Å². The summed E-state index contributed by atoms with van der Waals surface area (Å²) in [6.07, 6.45) is 22.4. The van der Waals surface area contributed by atoms with Crippen molar-refractivity contribution in [3.05, 3.63) is 18.2 Å². The molecule has 322 valence electrons. The molecule has 0 aromatic rings. The Morgan fingerprint density at radius 2 is 1.78 bits per heavy atom. The number of aliphatic hydroxyl groups excluding tert-OH is 3. The highest BCUT2D eigenvalue weighted by Crippen LogP contribution is 2.47. The molecule has 1 spiro atoms. The molecule has 7 rings (SSSR count). The van der Waals surface area contributed by atoms with E-state index in [1.165, 1.54) is 44.1 Å². The summed E-state index contributed by atoms with van der Waals surface area (Å²) in [4.78, 5) is 30.4. The fraction of sp³-hybridized carbons (Fsp3) is 0.833. The number of aliphatic hydroxyl groups is 3. The highest BCUT2D eigenvalue weighted by molar-refractivity contribution is 5.84. The van der Waals surface area contributed by atoms with Crippen LogP contribution in [0.25, 0.3) is 0 Å². The predicted octanol–water partition coefficient (Wildman–Crippen LogP) is 5.95. The number of allylic oxidation sites excluding steroid dienone is 1. The second kappa shape index (κ2) is 20.6. The zero-order valence-electron chi connectivity index (χ0n) is 35.4. The molecule has 14 atom stereocenters. The molecule has 7 unspecified atom stereocenters. The maximum absolute atomic E-state index is 13.8. The van der Waals surface area contributed by atoms with Gasteiger partial charge in [-0.15, -0.1) is 4.99 Å². The fourth-order valence-corrected chi connectivity index (χ4v) is 12.8. The van der Waals surface area contributed by atoms with Crippen molar-refractivity contribution >= 4 is 17.8 Å². The monoisotopic (exact) mass is 804 g/mol. The quantitative estimate of drug-likeness (QED) is 0.0667. The molecule has 10 heteroatoms. The highest BCUT2D eigenvalue weighted by atomic mass is 16.5. The fourth-order valence-electron chi connectivity index (χ4n) is 12.8. The van der Waals surface area contributed by atoms with Crippen LogP contribution in [0.4, 0.5) is 0 Å². The molecule has 0 amide bonds. The Morgan fingerprint density at radius 3 is 2.57 bits per heavy atom. The molecule has 0 aromatic carbocycles. The summed E-state index contributed by atoms with van der Waals surface area (Å²) in [5.41, 5.74) is 7.72. The predicted molar refractivity (Wildman–Crippen MR) is 227 cm³/mol. The number of aliphatic imine (C=N–C) groups is 1. The third kappa shape index (κ3) is 11.0. The van der Waals surface area contributed by atoms with Crippen molar-refractivity contribution < 1.29 is 29.6 Å². The van der Waals surface area contributed by atoms with Crippen LogP contribution in [-0.2, 0) is 14.3 Å². The lowest BCUT2D eigenvalue weighted by molar-refractivity contribution is -0.125. The molecule has 3 aliphatic heterocycles. The minimum atomic E-state index is -0.806. The number of hydrogen-bond donors (Lipinski definition) is 6. The SMILES string of the molecule is COC1CC2CCC(=O)[C@@H]([C@H](O)CCCC[C@H]3C[C@H]4CCC(=O)C[C@H]4NC34CCCCC4)C#C[C@@H](CC[C@H](O)CCC3CC(N)NCC3CC3=C[CH+]N=C3)C2CC1O. The van der Waals surface area contributed by atoms with Crippen LogP contribution in [0, 0.1) is 65.7 Å². The average molecular weight is 804 g/mol. The van der Waals surface area contributed by atoms with Crippen molar-refractivity contribution in [1.29, 1.82) is 0 Å². The maximum Gasteiger partial charge on any atom is 0.176 e. The number of ether oxygens (including phenoxy) is 1. The number of carbonyl (C=O) groups is 2. The van der Waals surface area contributed by atoms with E-state index in [-0.39, 0.29) is 41.3 Å². The molecule has 2 saturated heterocycles. The standard InChI is InChI=1S/C48H75N4O6/c1-58-46-25-34-13-18-44(56)40(43(55)8-4-3-7-37-24-35-11-16-39(54)27-42(35)52-48(37)20-5-2-6-21-48)17-12-32(41(34)28-45(46)57)9-14-38(53)15-10-33-26-47(49)51-30-36(33)23-31-19-22-50-29-31/h19,22,29,32-38,40-43,45-47,51-53,55,57H,2-11,13-16,18,20-21,23-28,30,49H2,1H3/q+1/t32-,33?,34?,35-,36?,37+,38+,40-,41?,42-,43-,45?,46?,47?/m1/s1. The molecule has 10 nitrogen and oxygen atoms in total. The first-order valence-electron chi connectivity index (χ1n) is 23.6. The van der Waals surface area contributed by atoms with E-state index in [9.17, 15) is 24.9 Å². The molecule has 58 heavy (non-hydrogen) atoms. The van der Waals surface area contributed by atoms with Crippen molar-refractivity contribution in [2.75, 3.05) is 13.7 Å². The molecule has 7 aliphatic rings. The summed E-state index contributed by atoms with van der Waals surface area (Å²) in [5, 5.41) is 41.6. The second-order valence-electron chi connectivity index (χ2n) is 19.9. The largest absolute Gasteiger partial charge is 0.393 e. The van der Waals surface area contributed by atoms with Gasteiger partial charge in [0.05, 0.1) is 36.7 Å². The maximum atomic E-state index is 13.8. The number of carbonyl (C=O) groups excluding carboxylic acids is 2. The lowest BCUT2D eigenvalue weighted by Crippen LogP contribution is -2.63. The van der Waals surface area contributed by atoms with Gasteiger partial charge < -0.3 is 36.4 Å². The zero-order chi connectivity index (χ0) is 40.6. The Hall–Kier alpha value is -2.10. The number of hydrogen-bond acceptors (Lipinski definition) is 10. The van der Waals surface area contributed by atoms with Gasteiger partial charge in [0.15, 0.2) is 6.21 Å². The summed E-state index contributed by atoms with van der Waals surface area (Å²) < 4.78 is 5.69. The van der Waals surface area contributed by atoms with Crippen LogP contribution in [-0.4, -0.2) is 88.9 Å². The Morgan fingerprint density at radius 1 is 0.966 bits per heavy atom. The number of ketones is 2. The van der Waals surface area contributed by atoms with Crippen molar-refractivity contribution in [2.45, 2.75) is 190 Å². The average Bonchev–Trinajstić information content (AvgIpc) is 3.75. The summed E-state index contributed by atoms with van der Waals surface area (Å²) in [7, 11) is 1.65. The Bertz CT molecular complexity index is 1500. The van der Waals surface area contributed by atoms with Gasteiger partial charge in [-0.3, -0.25) is 9.59 Å². The van der Waals surface area contributed by atoms with Gasteiger partial charge in [0.1, 0.15) is 29.6 Å². The first kappa shape index (κ1) is 44.0. The molecular weight excluding hydrogens is 729 g/mol. The molecule has 0 aromatic heterocycles. The van der Waals surface area contributed by atoms with Crippen LogP contribution in [0.15, 0.2) is 16.6 Å². The Labute approximate surface area is 348 Å². The summed E-state index contributed by atoms with van der Waals surface area (Å²) in [6, 6.07) is 0.343. The van der Waals surface area contributed by atoms with E-state index in [0.29, 0.717) is 93.3 Å². The summed E-state index contributed by atoms with van der Waals surface area (Å²) >= 11 is 0. The van der Waals surface area contributed by atoms with Crippen LogP contribution < -0.4 is 16.4 Å². The molecule has 5 fully saturated rings. The first-order valence-corrected chi connectivity index (χ1v) is 23.6. The number of nitrogens with one attached hydrogen (secondary N) is 2. The van der Waals surface area contributed by atoms with E-state index in [1.54, 1.807) is 7.11 Å². The minimum absolute atomic E-state index is 0.0249. The molecule has 3 heterocycles. The topological polar surface area (TPSA) is 166 Å². The number of unbranched alkanes of at least 4 members (excludes halogenated alkanes) is 1. The second-order valence-corrected chi connectivity index (χ2v) is 19.9. The number of rotatable bonds is 15. The van der Waals surface area contributed by atoms with Crippen molar-refractivity contribution in [1.82, 2.24) is 10.6 Å². The van der Waals surface area contributed by atoms with Crippen LogP contribution >= 0.6 is 0 Å². The Balaban J connectivity index is 0.961. The van der Waals surface area contributed by atoms with Crippen LogP contribution in [0.3, 0.4) is 0 Å². The summed E-state index contributed by atoms with van der Waals surface area (Å²) in [6.45, 7) is 2.72. The van der Waals surface area contributed by atoms with E-state index in [1.807, 2.05) is 12.8 Å². The summed E-state index contributed by atoms with van der Waals surface area (Å²) in [5.74, 6) is 8.86. The molecule has 0 radical (unpaired) electrons. The molecule has 3 saturated carbocycles. The van der Waals surface area contributed by atoms with E-state index < -0.39 is 24.2 Å². The van der Waals surface area contributed by atoms with Gasteiger partial charge >= 0.3 is 0 Å². The number of nitrogens with zero attached hydrogens (tertiary/aromatic N) is 1. The molecule has 0 bridgehead atoms. The van der Waals surface area contributed by atoms with Gasteiger partial charge in [0.2, 0.25) is 0 Å². The van der Waals surface area contributed by atoms with Gasteiger partial charge in [0, 0.05) is 56.8 Å². The zero-order valence-corrected chi connectivity index (χ0v) is 35.4. The van der Waals surface area contributed by atoms with Gasteiger partial charge in [-0.05, 0) is 125 Å². The van der Waals surface area contributed by atoms with Crippen LogP contribution in [0.5, 0.6) is 0 Å². The number of piperidine rings is 2. The molecule has 7 N–H and O–H groups in total. The van der Waals surface area contributed by atoms with Crippen LogP contribution in [0.2, 0.25) is 0 Å². The third-order valence-corrected chi connectivity index (χ3v) is 16.2. The van der Waals surface area contributed by atoms with Crippen molar-refractivity contribution in [2.24, 2.45) is 58.1 Å². The Kier molecular flexibility index (Phi) is 15.7. The smallest absolute Gasteiger partial charge is 0.176 e.